The number of aromatic amines is 1. The van der Waals surface area contributed by atoms with E-state index < -0.39 is 0 Å². The molecule has 0 bridgehead atoms. The molecule has 2 heterocycles. The van der Waals surface area contributed by atoms with Crippen LogP contribution in [0.2, 0.25) is 0 Å². The summed E-state index contributed by atoms with van der Waals surface area (Å²) in [5.41, 5.74) is 9.58. The number of nitrogens with two attached hydrogens (primary N) is 1. The molecule has 0 spiro atoms. The Labute approximate surface area is 107 Å². The normalized spacial score (nSPS) is 11.2. The highest BCUT2D eigenvalue weighted by atomic mass is 79.9. The summed E-state index contributed by atoms with van der Waals surface area (Å²) in [5, 5.41) is 8.05. The van der Waals surface area contributed by atoms with E-state index in [-0.39, 0.29) is 0 Å². The number of aryl methyl sites for hydroxylation is 1. The molecule has 4 nitrogen and oxygen atoms in total. The average Bonchev–Trinajstić information content (AvgIpc) is 2.85. The first-order valence-electron chi connectivity index (χ1n) is 5.21. The lowest BCUT2D eigenvalue weighted by molar-refractivity contribution is 0.964. The van der Waals surface area contributed by atoms with E-state index >= 15 is 0 Å². The number of hydrogen-bond acceptors (Lipinski definition) is 2. The van der Waals surface area contributed by atoms with Crippen LogP contribution in [0.25, 0.3) is 22.3 Å². The van der Waals surface area contributed by atoms with Crippen molar-refractivity contribution in [3.05, 3.63) is 34.9 Å². The summed E-state index contributed by atoms with van der Waals surface area (Å²) in [6.45, 7) is 0. The van der Waals surface area contributed by atoms with Gasteiger partial charge < -0.3 is 10.3 Å². The van der Waals surface area contributed by atoms with E-state index in [0.717, 1.165) is 21.4 Å². The summed E-state index contributed by atoms with van der Waals surface area (Å²) in [6, 6.07) is 8.23. The third-order valence-corrected chi connectivity index (χ3v) is 3.65. The van der Waals surface area contributed by atoms with Gasteiger partial charge in [-0.25, -0.2) is 0 Å². The molecule has 2 aromatic heterocycles. The summed E-state index contributed by atoms with van der Waals surface area (Å²) in [6.07, 6.45) is 1.63. The van der Waals surface area contributed by atoms with E-state index in [1.165, 1.54) is 5.39 Å². The lowest BCUT2D eigenvalue weighted by Crippen LogP contribution is -1.94. The van der Waals surface area contributed by atoms with Crippen LogP contribution in [0.3, 0.4) is 0 Å². The Kier molecular flexibility index (Phi) is 2.22. The third kappa shape index (κ3) is 1.46. The lowest BCUT2D eigenvalue weighted by Gasteiger charge is -2.02. The number of rotatable bonds is 1. The zero-order valence-electron chi connectivity index (χ0n) is 9.24. The Morgan fingerprint density at radius 3 is 2.88 bits per heavy atom. The number of H-pyrrole nitrogens is 1. The first-order chi connectivity index (χ1) is 8.18. The Morgan fingerprint density at radius 2 is 2.24 bits per heavy atom. The van der Waals surface area contributed by atoms with Gasteiger partial charge in [0.2, 0.25) is 0 Å². The van der Waals surface area contributed by atoms with Crippen LogP contribution in [0.15, 0.2) is 34.9 Å². The van der Waals surface area contributed by atoms with E-state index in [1.54, 1.807) is 6.20 Å². The van der Waals surface area contributed by atoms with Crippen molar-refractivity contribution in [3.8, 4) is 11.4 Å². The number of nitrogen functional groups attached to an aromatic ring is 1. The summed E-state index contributed by atoms with van der Waals surface area (Å²) < 4.78 is 3.18. The SMILES string of the molecule is Cn1c(-c2[nH]ncc2N)cc2c(Br)cccc21. The van der Waals surface area contributed by atoms with Gasteiger partial charge in [0.1, 0.15) is 5.69 Å². The number of benzene rings is 1. The number of aromatic nitrogens is 3. The van der Waals surface area contributed by atoms with Gasteiger partial charge in [-0.15, -0.1) is 0 Å². The summed E-state index contributed by atoms with van der Waals surface area (Å²) in [5.74, 6) is 0. The average molecular weight is 291 g/mol. The zero-order chi connectivity index (χ0) is 12.0. The van der Waals surface area contributed by atoms with Gasteiger partial charge >= 0.3 is 0 Å². The van der Waals surface area contributed by atoms with Crippen LogP contribution < -0.4 is 5.73 Å². The fraction of sp³-hybridized carbons (Fsp3) is 0.0833. The molecule has 0 saturated carbocycles. The predicted octanol–water partition coefficient (Wildman–Crippen LogP) is 2.91. The monoisotopic (exact) mass is 290 g/mol. The van der Waals surface area contributed by atoms with Crippen LogP contribution in [0, 0.1) is 0 Å². The maximum Gasteiger partial charge on any atom is 0.104 e. The van der Waals surface area contributed by atoms with Crippen molar-refractivity contribution in [2.24, 2.45) is 7.05 Å². The quantitative estimate of drug-likeness (QED) is 0.724. The molecule has 0 fully saturated rings. The molecule has 0 saturated heterocycles. The van der Waals surface area contributed by atoms with Crippen molar-refractivity contribution in [2.45, 2.75) is 0 Å². The minimum Gasteiger partial charge on any atom is -0.396 e. The van der Waals surface area contributed by atoms with Crippen molar-refractivity contribution >= 4 is 32.5 Å². The second-order valence-electron chi connectivity index (χ2n) is 3.96. The molecule has 1 aromatic carbocycles. The number of nitrogens with zero attached hydrogens (tertiary/aromatic N) is 2. The standard InChI is InChI=1S/C12H11BrN4/c1-17-10-4-2-3-8(13)7(10)5-11(17)12-9(14)6-15-16-12/h2-6H,14H2,1H3,(H,15,16). The minimum atomic E-state index is 0.659. The highest BCUT2D eigenvalue weighted by molar-refractivity contribution is 9.10. The first-order valence-corrected chi connectivity index (χ1v) is 6.01. The molecule has 3 N–H and O–H groups in total. The Balaban J connectivity index is 2.36. The first kappa shape index (κ1) is 10.4. The lowest BCUT2D eigenvalue weighted by atomic mass is 10.2. The molecule has 17 heavy (non-hydrogen) atoms. The van der Waals surface area contributed by atoms with E-state index in [0.29, 0.717) is 5.69 Å². The summed E-state index contributed by atoms with van der Waals surface area (Å²) in [4.78, 5) is 0. The number of halogens is 1. The van der Waals surface area contributed by atoms with Crippen LogP contribution in [-0.2, 0) is 7.05 Å². The molecule has 0 unspecified atom stereocenters. The maximum absolute atomic E-state index is 5.88. The van der Waals surface area contributed by atoms with Crippen LogP contribution in [0.4, 0.5) is 5.69 Å². The van der Waals surface area contributed by atoms with Gasteiger partial charge in [-0.05, 0) is 18.2 Å². The van der Waals surface area contributed by atoms with Crippen molar-refractivity contribution in [1.82, 2.24) is 14.8 Å². The van der Waals surface area contributed by atoms with Crippen molar-refractivity contribution in [2.75, 3.05) is 5.73 Å². The number of anilines is 1. The smallest absolute Gasteiger partial charge is 0.104 e. The molecule has 86 valence electrons. The second-order valence-corrected chi connectivity index (χ2v) is 4.82. The van der Waals surface area contributed by atoms with Gasteiger partial charge in [0.15, 0.2) is 0 Å². The molecule has 0 aliphatic carbocycles. The highest BCUT2D eigenvalue weighted by Gasteiger charge is 2.12. The largest absolute Gasteiger partial charge is 0.396 e. The molecule has 0 atom stereocenters. The van der Waals surface area contributed by atoms with E-state index in [4.69, 9.17) is 5.73 Å². The molecule has 5 heteroatoms. The van der Waals surface area contributed by atoms with Crippen LogP contribution in [0.5, 0.6) is 0 Å². The maximum atomic E-state index is 5.88. The molecule has 0 aliphatic rings. The van der Waals surface area contributed by atoms with Gasteiger partial charge in [0.25, 0.3) is 0 Å². The summed E-state index contributed by atoms with van der Waals surface area (Å²) >= 11 is 3.56. The fourth-order valence-electron chi connectivity index (χ4n) is 2.06. The van der Waals surface area contributed by atoms with Crippen molar-refractivity contribution in [1.29, 1.82) is 0 Å². The van der Waals surface area contributed by atoms with Gasteiger partial charge in [0, 0.05) is 22.4 Å². The van der Waals surface area contributed by atoms with Crippen molar-refractivity contribution < 1.29 is 0 Å². The molecular formula is C12H11BrN4. The molecule has 0 aliphatic heterocycles. The van der Waals surface area contributed by atoms with Crippen LogP contribution in [-0.4, -0.2) is 14.8 Å². The van der Waals surface area contributed by atoms with Crippen molar-refractivity contribution in [3.63, 3.8) is 0 Å². The third-order valence-electron chi connectivity index (χ3n) is 2.96. The Bertz CT molecular complexity index is 696. The van der Waals surface area contributed by atoms with Gasteiger partial charge in [0.05, 0.1) is 17.6 Å². The minimum absolute atomic E-state index is 0.659. The number of nitrogens with one attached hydrogen (secondary N) is 1. The topological polar surface area (TPSA) is 59.6 Å². The van der Waals surface area contributed by atoms with Crippen LogP contribution >= 0.6 is 15.9 Å². The fourth-order valence-corrected chi connectivity index (χ4v) is 2.54. The highest BCUT2D eigenvalue weighted by Crippen LogP contribution is 2.32. The Morgan fingerprint density at radius 1 is 1.41 bits per heavy atom. The molecule has 3 rings (SSSR count). The molecule has 0 radical (unpaired) electrons. The molecular weight excluding hydrogens is 280 g/mol. The zero-order valence-corrected chi connectivity index (χ0v) is 10.8. The predicted molar refractivity (Wildman–Crippen MR) is 72.6 cm³/mol. The van der Waals surface area contributed by atoms with Gasteiger partial charge in [-0.2, -0.15) is 5.10 Å². The van der Waals surface area contributed by atoms with Gasteiger partial charge in [-0.1, -0.05) is 22.0 Å². The molecule has 3 aromatic rings. The summed E-state index contributed by atoms with van der Waals surface area (Å²) in [7, 11) is 2.02. The Hall–Kier alpha value is -1.75. The second kappa shape index (κ2) is 3.63. The van der Waals surface area contributed by atoms with E-state index in [9.17, 15) is 0 Å². The van der Waals surface area contributed by atoms with E-state index in [2.05, 4.69) is 42.8 Å². The van der Waals surface area contributed by atoms with E-state index in [1.807, 2.05) is 19.2 Å². The number of hydrogen-bond donors (Lipinski definition) is 2. The van der Waals surface area contributed by atoms with Gasteiger partial charge in [-0.3, -0.25) is 5.10 Å². The number of fused-ring (bicyclic) bond motifs is 1. The molecule has 0 amide bonds. The van der Waals surface area contributed by atoms with Crippen LogP contribution in [0.1, 0.15) is 0 Å².